The van der Waals surface area contributed by atoms with Crippen LogP contribution in [0.2, 0.25) is 0 Å². The van der Waals surface area contributed by atoms with E-state index < -0.39 is 6.09 Å². The predicted molar refractivity (Wildman–Crippen MR) is 103 cm³/mol. The molecule has 2 rings (SSSR count). The van der Waals surface area contributed by atoms with Crippen LogP contribution in [0.15, 0.2) is 30.3 Å². The topological polar surface area (TPSA) is 67.4 Å². The van der Waals surface area contributed by atoms with E-state index in [9.17, 15) is 9.59 Å². The van der Waals surface area contributed by atoms with E-state index >= 15 is 0 Å². The van der Waals surface area contributed by atoms with Gasteiger partial charge in [0.25, 0.3) is 0 Å². The van der Waals surface area contributed by atoms with E-state index in [0.717, 1.165) is 12.0 Å². The average Bonchev–Trinajstić information content (AvgIpc) is 3.09. The summed E-state index contributed by atoms with van der Waals surface area (Å²) in [4.78, 5) is 23.8. The van der Waals surface area contributed by atoms with Crippen molar-refractivity contribution < 1.29 is 14.3 Å². The van der Waals surface area contributed by atoms with Crippen molar-refractivity contribution in [1.29, 1.82) is 0 Å². The van der Waals surface area contributed by atoms with E-state index in [-0.39, 0.29) is 12.5 Å². The second-order valence-corrected chi connectivity index (χ2v) is 7.10. The van der Waals surface area contributed by atoms with E-state index in [1.54, 1.807) is 0 Å². The summed E-state index contributed by atoms with van der Waals surface area (Å²) in [6, 6.07) is 9.91. The van der Waals surface area contributed by atoms with Crippen LogP contribution < -0.4 is 10.6 Å². The maximum Gasteiger partial charge on any atom is 0.407 e. The quantitative estimate of drug-likeness (QED) is 0.616. The molecule has 26 heavy (non-hydrogen) atoms. The Bertz CT molecular complexity index is 547. The summed E-state index contributed by atoms with van der Waals surface area (Å²) in [5, 5.41) is 5.89. The third-order valence-electron chi connectivity index (χ3n) is 5.00. The fourth-order valence-corrected chi connectivity index (χ4v) is 3.53. The van der Waals surface area contributed by atoms with Gasteiger partial charge < -0.3 is 15.4 Å². The van der Waals surface area contributed by atoms with Gasteiger partial charge in [0.2, 0.25) is 5.91 Å². The van der Waals surface area contributed by atoms with Gasteiger partial charge >= 0.3 is 6.09 Å². The highest BCUT2D eigenvalue weighted by molar-refractivity contribution is 5.76. The van der Waals surface area contributed by atoms with E-state index in [1.165, 1.54) is 32.1 Å². The molecule has 0 saturated heterocycles. The van der Waals surface area contributed by atoms with Gasteiger partial charge in [0.1, 0.15) is 6.61 Å². The van der Waals surface area contributed by atoms with Crippen molar-refractivity contribution in [2.75, 3.05) is 6.54 Å². The highest BCUT2D eigenvalue weighted by Crippen LogP contribution is 2.29. The standard InChI is InChI=1S/C21H32N2O3/c1-2-3-11-18-12-7-13-19(18)23-20(24)14-8-15-22-21(25)26-16-17-9-5-4-6-10-17/h4-6,9-10,18-19H,2-3,7-8,11-16H2,1H3,(H,22,25)(H,23,24). The molecule has 1 aliphatic carbocycles. The maximum absolute atomic E-state index is 12.1. The van der Waals surface area contributed by atoms with Crippen LogP contribution in [0, 0.1) is 5.92 Å². The SMILES string of the molecule is CCCCC1CCCC1NC(=O)CCCNC(=O)OCc1ccccc1. The lowest BCUT2D eigenvalue weighted by Gasteiger charge is -2.21. The van der Waals surface area contributed by atoms with Gasteiger partial charge in [-0.15, -0.1) is 0 Å². The first kappa shape index (κ1) is 20.3. The van der Waals surface area contributed by atoms with E-state index in [1.807, 2.05) is 30.3 Å². The molecule has 2 amide bonds. The maximum atomic E-state index is 12.1. The molecule has 5 nitrogen and oxygen atoms in total. The largest absolute Gasteiger partial charge is 0.445 e. The predicted octanol–water partition coefficient (Wildman–Crippen LogP) is 4.17. The molecule has 2 unspecified atom stereocenters. The Morgan fingerprint density at radius 3 is 2.73 bits per heavy atom. The third-order valence-corrected chi connectivity index (χ3v) is 5.00. The normalized spacial score (nSPS) is 19.1. The molecule has 0 heterocycles. The lowest BCUT2D eigenvalue weighted by atomic mass is 9.96. The molecule has 2 N–H and O–H groups in total. The smallest absolute Gasteiger partial charge is 0.407 e. The average molecular weight is 360 g/mol. The minimum Gasteiger partial charge on any atom is -0.445 e. The zero-order valence-electron chi connectivity index (χ0n) is 15.8. The van der Waals surface area contributed by atoms with Crippen LogP contribution in [0.1, 0.15) is 63.9 Å². The second kappa shape index (κ2) is 11.6. The summed E-state index contributed by atoms with van der Waals surface area (Å²) in [6.07, 6.45) is 7.85. The zero-order chi connectivity index (χ0) is 18.6. The number of ether oxygens (including phenoxy) is 1. The molecule has 1 aliphatic rings. The number of unbranched alkanes of at least 4 members (excludes halogenated alkanes) is 1. The van der Waals surface area contributed by atoms with Crippen LogP contribution in [0.5, 0.6) is 0 Å². The molecule has 1 fully saturated rings. The van der Waals surface area contributed by atoms with Gasteiger partial charge in [-0.25, -0.2) is 4.79 Å². The Kier molecular flexibility index (Phi) is 9.01. The number of carbonyl (C=O) groups excluding carboxylic acids is 2. The van der Waals surface area contributed by atoms with Crippen LogP contribution in [-0.4, -0.2) is 24.6 Å². The molecule has 0 spiro atoms. The van der Waals surface area contributed by atoms with Gasteiger partial charge in [0.05, 0.1) is 0 Å². The molecule has 0 bridgehead atoms. The minimum absolute atomic E-state index is 0.0952. The monoisotopic (exact) mass is 360 g/mol. The van der Waals surface area contributed by atoms with Gasteiger partial charge in [0.15, 0.2) is 0 Å². The Morgan fingerprint density at radius 1 is 1.15 bits per heavy atom. The van der Waals surface area contributed by atoms with E-state index in [0.29, 0.717) is 31.3 Å². The Labute approximate surface area is 156 Å². The number of amides is 2. The first-order valence-electron chi connectivity index (χ1n) is 9.93. The van der Waals surface area contributed by atoms with Crippen LogP contribution >= 0.6 is 0 Å². The first-order chi connectivity index (χ1) is 12.7. The van der Waals surface area contributed by atoms with Crippen LogP contribution in [0.25, 0.3) is 0 Å². The molecular formula is C21H32N2O3. The molecule has 0 aromatic heterocycles. The fraction of sp³-hybridized carbons (Fsp3) is 0.619. The number of alkyl carbamates (subject to hydrolysis) is 1. The summed E-state index contributed by atoms with van der Waals surface area (Å²) >= 11 is 0. The lowest BCUT2D eigenvalue weighted by molar-refractivity contribution is -0.122. The molecule has 5 heteroatoms. The van der Waals surface area contributed by atoms with Crippen molar-refractivity contribution in [2.45, 2.75) is 70.9 Å². The molecule has 1 saturated carbocycles. The molecule has 1 aromatic rings. The number of hydrogen-bond acceptors (Lipinski definition) is 3. The molecular weight excluding hydrogens is 328 g/mol. The summed E-state index contributed by atoms with van der Waals surface area (Å²) in [7, 11) is 0. The number of rotatable bonds is 10. The summed E-state index contributed by atoms with van der Waals surface area (Å²) in [5.74, 6) is 0.739. The van der Waals surface area contributed by atoms with Crippen LogP contribution in [-0.2, 0) is 16.1 Å². The van der Waals surface area contributed by atoms with Gasteiger partial charge in [-0.2, -0.15) is 0 Å². The van der Waals surface area contributed by atoms with Gasteiger partial charge in [-0.1, -0.05) is 56.5 Å². The van der Waals surface area contributed by atoms with Crippen LogP contribution in [0.3, 0.4) is 0 Å². The van der Waals surface area contributed by atoms with E-state index in [4.69, 9.17) is 4.74 Å². The molecule has 0 aliphatic heterocycles. The van der Waals surface area contributed by atoms with Gasteiger partial charge in [0, 0.05) is 19.0 Å². The molecule has 144 valence electrons. The van der Waals surface area contributed by atoms with Crippen molar-refractivity contribution in [3.8, 4) is 0 Å². The molecule has 0 radical (unpaired) electrons. The van der Waals surface area contributed by atoms with Crippen molar-refractivity contribution in [2.24, 2.45) is 5.92 Å². The number of carbonyl (C=O) groups is 2. The zero-order valence-corrected chi connectivity index (χ0v) is 15.8. The van der Waals surface area contributed by atoms with Crippen molar-refractivity contribution in [1.82, 2.24) is 10.6 Å². The Balaban J connectivity index is 1.54. The Morgan fingerprint density at radius 2 is 1.96 bits per heavy atom. The minimum atomic E-state index is -0.440. The van der Waals surface area contributed by atoms with Crippen molar-refractivity contribution in [3.05, 3.63) is 35.9 Å². The third kappa shape index (κ3) is 7.46. The summed E-state index contributed by atoms with van der Waals surface area (Å²) < 4.78 is 5.14. The van der Waals surface area contributed by atoms with Gasteiger partial charge in [-0.3, -0.25) is 4.79 Å². The Hall–Kier alpha value is -2.04. The second-order valence-electron chi connectivity index (χ2n) is 7.10. The summed E-state index contributed by atoms with van der Waals surface area (Å²) in [5.41, 5.74) is 0.955. The molecule has 1 aromatic carbocycles. The summed E-state index contributed by atoms with van der Waals surface area (Å²) in [6.45, 7) is 2.92. The lowest BCUT2D eigenvalue weighted by Crippen LogP contribution is -2.37. The number of hydrogen-bond donors (Lipinski definition) is 2. The van der Waals surface area contributed by atoms with E-state index in [2.05, 4.69) is 17.6 Å². The van der Waals surface area contributed by atoms with Gasteiger partial charge in [-0.05, 0) is 37.2 Å². The molecule has 2 atom stereocenters. The number of benzene rings is 1. The van der Waals surface area contributed by atoms with Crippen molar-refractivity contribution in [3.63, 3.8) is 0 Å². The number of nitrogens with one attached hydrogen (secondary N) is 2. The highest BCUT2D eigenvalue weighted by Gasteiger charge is 2.27. The highest BCUT2D eigenvalue weighted by atomic mass is 16.5. The first-order valence-corrected chi connectivity index (χ1v) is 9.93. The van der Waals surface area contributed by atoms with Crippen molar-refractivity contribution >= 4 is 12.0 Å². The van der Waals surface area contributed by atoms with Crippen LogP contribution in [0.4, 0.5) is 4.79 Å². The fourth-order valence-electron chi connectivity index (χ4n) is 3.53.